The molecule has 0 saturated heterocycles. The molecular formula is C14H30N2. The summed E-state index contributed by atoms with van der Waals surface area (Å²) in [7, 11) is 0. The zero-order chi connectivity index (χ0) is 12.0. The van der Waals surface area contributed by atoms with Crippen LogP contribution in [0.5, 0.6) is 0 Å². The van der Waals surface area contributed by atoms with E-state index >= 15 is 0 Å². The molecule has 1 atom stereocenters. The third-order valence-corrected chi connectivity index (χ3v) is 4.52. The molecule has 96 valence electrons. The maximum atomic E-state index is 5.78. The van der Waals surface area contributed by atoms with E-state index in [2.05, 4.69) is 26.2 Å². The van der Waals surface area contributed by atoms with E-state index in [0.717, 1.165) is 5.92 Å². The predicted molar refractivity (Wildman–Crippen MR) is 71.0 cm³/mol. The standard InChI is InChI=1S/C14H30N2/c1-4-14(10-5-6-11-14)13(16-15)9-7-8-12(2)3/h12-13,16H,4-11,15H2,1-3H3. The van der Waals surface area contributed by atoms with Crippen LogP contribution in [-0.2, 0) is 0 Å². The van der Waals surface area contributed by atoms with Crippen LogP contribution in [0.4, 0.5) is 0 Å². The van der Waals surface area contributed by atoms with Crippen LogP contribution in [0.1, 0.15) is 72.1 Å². The predicted octanol–water partition coefficient (Wildman–Crippen LogP) is 3.62. The van der Waals surface area contributed by atoms with Crippen molar-refractivity contribution in [2.24, 2.45) is 17.2 Å². The summed E-state index contributed by atoms with van der Waals surface area (Å²) in [6.07, 6.45) is 10.7. The Kier molecular flexibility index (Phi) is 5.77. The van der Waals surface area contributed by atoms with E-state index in [-0.39, 0.29) is 0 Å². The van der Waals surface area contributed by atoms with Crippen molar-refractivity contribution in [2.75, 3.05) is 0 Å². The van der Waals surface area contributed by atoms with Gasteiger partial charge in [-0.1, -0.05) is 46.5 Å². The van der Waals surface area contributed by atoms with Crippen LogP contribution in [0.3, 0.4) is 0 Å². The second-order valence-electron chi connectivity index (χ2n) is 5.97. The summed E-state index contributed by atoms with van der Waals surface area (Å²) in [5.41, 5.74) is 3.62. The van der Waals surface area contributed by atoms with Gasteiger partial charge in [-0.2, -0.15) is 0 Å². The molecule has 0 aromatic rings. The molecule has 1 unspecified atom stereocenters. The first-order valence-electron chi connectivity index (χ1n) is 7.10. The summed E-state index contributed by atoms with van der Waals surface area (Å²) in [6.45, 7) is 6.93. The lowest BCUT2D eigenvalue weighted by Crippen LogP contribution is -2.47. The first-order chi connectivity index (χ1) is 7.64. The minimum Gasteiger partial charge on any atom is -0.271 e. The van der Waals surface area contributed by atoms with Gasteiger partial charge in [-0.3, -0.25) is 11.3 Å². The quantitative estimate of drug-likeness (QED) is 0.514. The summed E-state index contributed by atoms with van der Waals surface area (Å²) in [5, 5.41) is 0. The summed E-state index contributed by atoms with van der Waals surface area (Å²) in [4.78, 5) is 0. The minimum atomic E-state index is 0.506. The van der Waals surface area contributed by atoms with E-state index < -0.39 is 0 Å². The maximum absolute atomic E-state index is 5.78. The molecule has 1 aliphatic carbocycles. The van der Waals surface area contributed by atoms with Gasteiger partial charge in [0.05, 0.1) is 0 Å². The molecule has 1 fully saturated rings. The zero-order valence-electron chi connectivity index (χ0n) is 11.4. The van der Waals surface area contributed by atoms with Crippen LogP contribution in [0.15, 0.2) is 0 Å². The minimum absolute atomic E-state index is 0.506. The molecule has 1 aliphatic rings. The molecule has 0 aromatic carbocycles. The Bertz CT molecular complexity index is 183. The topological polar surface area (TPSA) is 38.0 Å². The Balaban J connectivity index is 2.44. The molecule has 2 heteroatoms. The van der Waals surface area contributed by atoms with Crippen molar-refractivity contribution in [3.63, 3.8) is 0 Å². The lowest BCUT2D eigenvalue weighted by Gasteiger charge is -2.36. The van der Waals surface area contributed by atoms with Crippen molar-refractivity contribution < 1.29 is 0 Å². The summed E-state index contributed by atoms with van der Waals surface area (Å²) < 4.78 is 0. The van der Waals surface area contributed by atoms with E-state index in [9.17, 15) is 0 Å². The summed E-state index contributed by atoms with van der Waals surface area (Å²) in [5.74, 6) is 6.60. The molecule has 0 spiro atoms. The van der Waals surface area contributed by atoms with Gasteiger partial charge in [0.2, 0.25) is 0 Å². The molecule has 1 saturated carbocycles. The Morgan fingerprint density at radius 3 is 2.25 bits per heavy atom. The van der Waals surface area contributed by atoms with E-state index in [0.29, 0.717) is 11.5 Å². The van der Waals surface area contributed by atoms with Crippen LogP contribution >= 0.6 is 0 Å². The van der Waals surface area contributed by atoms with Crippen LogP contribution in [-0.4, -0.2) is 6.04 Å². The lowest BCUT2D eigenvalue weighted by atomic mass is 9.74. The second kappa shape index (κ2) is 6.61. The van der Waals surface area contributed by atoms with E-state index in [4.69, 9.17) is 5.84 Å². The third kappa shape index (κ3) is 3.46. The largest absolute Gasteiger partial charge is 0.271 e. The van der Waals surface area contributed by atoms with E-state index in [1.54, 1.807) is 0 Å². The maximum Gasteiger partial charge on any atom is 0.0266 e. The monoisotopic (exact) mass is 226 g/mol. The van der Waals surface area contributed by atoms with E-state index in [1.807, 2.05) is 0 Å². The van der Waals surface area contributed by atoms with Crippen LogP contribution in [0.25, 0.3) is 0 Å². The molecule has 0 amide bonds. The Hall–Kier alpha value is -0.0800. The molecule has 3 N–H and O–H groups in total. The van der Waals surface area contributed by atoms with Crippen molar-refractivity contribution in [2.45, 2.75) is 78.2 Å². The molecule has 0 aliphatic heterocycles. The number of nitrogens with two attached hydrogens (primary N) is 1. The fourth-order valence-electron chi connectivity index (χ4n) is 3.32. The van der Waals surface area contributed by atoms with Crippen LogP contribution in [0, 0.1) is 11.3 Å². The number of hydrogen-bond donors (Lipinski definition) is 2. The highest BCUT2D eigenvalue weighted by Crippen LogP contribution is 2.45. The highest BCUT2D eigenvalue weighted by atomic mass is 15.2. The van der Waals surface area contributed by atoms with Crippen molar-refractivity contribution in [1.29, 1.82) is 0 Å². The smallest absolute Gasteiger partial charge is 0.0266 e. The highest BCUT2D eigenvalue weighted by molar-refractivity contribution is 4.92. The zero-order valence-corrected chi connectivity index (χ0v) is 11.4. The molecule has 0 radical (unpaired) electrons. The average Bonchev–Trinajstić information content (AvgIpc) is 2.73. The Labute approximate surface area is 101 Å². The molecule has 0 heterocycles. The molecule has 0 bridgehead atoms. The Morgan fingerprint density at radius 1 is 1.19 bits per heavy atom. The normalized spacial score (nSPS) is 21.6. The van der Waals surface area contributed by atoms with Gasteiger partial charge in [0.15, 0.2) is 0 Å². The number of nitrogens with one attached hydrogen (secondary N) is 1. The van der Waals surface area contributed by atoms with Crippen LogP contribution in [0.2, 0.25) is 0 Å². The highest BCUT2D eigenvalue weighted by Gasteiger charge is 2.38. The number of hydrogen-bond acceptors (Lipinski definition) is 2. The molecular weight excluding hydrogens is 196 g/mol. The van der Waals surface area contributed by atoms with E-state index in [1.165, 1.54) is 51.4 Å². The van der Waals surface area contributed by atoms with Crippen molar-refractivity contribution in [3.8, 4) is 0 Å². The van der Waals surface area contributed by atoms with Gasteiger partial charge in [-0.15, -0.1) is 0 Å². The third-order valence-electron chi connectivity index (χ3n) is 4.52. The average molecular weight is 226 g/mol. The summed E-state index contributed by atoms with van der Waals surface area (Å²) >= 11 is 0. The Morgan fingerprint density at radius 2 is 1.81 bits per heavy atom. The first kappa shape index (κ1) is 14.0. The van der Waals surface area contributed by atoms with Crippen LogP contribution < -0.4 is 11.3 Å². The van der Waals surface area contributed by atoms with Gasteiger partial charge in [0.1, 0.15) is 0 Å². The molecule has 0 aromatic heterocycles. The van der Waals surface area contributed by atoms with Gasteiger partial charge < -0.3 is 0 Å². The van der Waals surface area contributed by atoms with Gasteiger partial charge in [-0.25, -0.2) is 0 Å². The lowest BCUT2D eigenvalue weighted by molar-refractivity contribution is 0.173. The molecule has 1 rings (SSSR count). The fourth-order valence-corrected chi connectivity index (χ4v) is 3.32. The number of hydrazine groups is 1. The molecule has 2 nitrogen and oxygen atoms in total. The second-order valence-corrected chi connectivity index (χ2v) is 5.97. The fraction of sp³-hybridized carbons (Fsp3) is 1.00. The SMILES string of the molecule is CCC1(C(CCCC(C)C)NN)CCCC1. The van der Waals surface area contributed by atoms with Gasteiger partial charge in [0.25, 0.3) is 0 Å². The van der Waals surface area contributed by atoms with Crippen molar-refractivity contribution in [3.05, 3.63) is 0 Å². The molecule has 16 heavy (non-hydrogen) atoms. The van der Waals surface area contributed by atoms with Gasteiger partial charge in [-0.05, 0) is 37.0 Å². The van der Waals surface area contributed by atoms with Crippen molar-refractivity contribution >= 4 is 0 Å². The van der Waals surface area contributed by atoms with Gasteiger partial charge in [0, 0.05) is 6.04 Å². The van der Waals surface area contributed by atoms with Gasteiger partial charge >= 0.3 is 0 Å². The first-order valence-corrected chi connectivity index (χ1v) is 7.10. The number of rotatable bonds is 7. The summed E-state index contributed by atoms with van der Waals surface area (Å²) in [6, 6.07) is 0.541. The van der Waals surface area contributed by atoms with Crippen molar-refractivity contribution in [1.82, 2.24) is 5.43 Å².